The Morgan fingerprint density at radius 3 is 2.78 bits per heavy atom. The number of rotatable bonds is 6. The van der Waals surface area contributed by atoms with Gasteiger partial charge in [-0.15, -0.1) is 0 Å². The largest absolute Gasteiger partial charge is 0.309 e. The van der Waals surface area contributed by atoms with Crippen LogP contribution in [0.25, 0.3) is 0 Å². The number of hydrogen-bond acceptors (Lipinski definition) is 3. The number of nitrogens with one attached hydrogen (secondary N) is 1. The van der Waals surface area contributed by atoms with Crippen molar-refractivity contribution in [1.82, 2.24) is 15.2 Å². The minimum absolute atomic E-state index is 0.233. The lowest BCUT2D eigenvalue weighted by molar-refractivity contribution is 0.309. The topological polar surface area (TPSA) is 28.2 Å². The Balaban J connectivity index is 1.91. The van der Waals surface area contributed by atoms with Crippen LogP contribution >= 0.6 is 0 Å². The Morgan fingerprint density at radius 2 is 2.17 bits per heavy atom. The molecule has 1 fully saturated rings. The van der Waals surface area contributed by atoms with Crippen LogP contribution in [0, 0.1) is 5.82 Å². The van der Waals surface area contributed by atoms with Gasteiger partial charge in [0.15, 0.2) is 0 Å². The highest BCUT2D eigenvalue weighted by Gasteiger charge is 2.16. The number of aromatic nitrogens is 1. The summed E-state index contributed by atoms with van der Waals surface area (Å²) in [5.74, 6) is -0.270. The lowest BCUT2D eigenvalue weighted by atomic mass is 10.1. The normalized spacial score (nSPS) is 18.1. The summed E-state index contributed by atoms with van der Waals surface area (Å²) in [4.78, 5) is 6.68. The van der Waals surface area contributed by atoms with Gasteiger partial charge < -0.3 is 10.2 Å². The lowest BCUT2D eigenvalue weighted by Crippen LogP contribution is -2.28. The summed E-state index contributed by atoms with van der Waals surface area (Å²) >= 11 is 0. The van der Waals surface area contributed by atoms with E-state index in [2.05, 4.69) is 22.1 Å². The van der Waals surface area contributed by atoms with Crippen LogP contribution in [0.3, 0.4) is 0 Å². The predicted molar refractivity (Wildman–Crippen MR) is 70.9 cm³/mol. The standard InChI is InChI=1S/C14H22FN3/c1-2-16-14(7-10-18-8-3-4-9-18)13-6-5-12(15)11-17-13/h5-6,11,14,16H,2-4,7-10H2,1H3. The van der Waals surface area contributed by atoms with Crippen LogP contribution in [0.2, 0.25) is 0 Å². The summed E-state index contributed by atoms with van der Waals surface area (Å²) in [5.41, 5.74) is 0.942. The van der Waals surface area contributed by atoms with Gasteiger partial charge in [0, 0.05) is 0 Å². The summed E-state index contributed by atoms with van der Waals surface area (Å²) < 4.78 is 12.9. The Kier molecular flexibility index (Phi) is 5.08. The second kappa shape index (κ2) is 6.81. The molecule has 3 nitrogen and oxygen atoms in total. The molecular formula is C14H22FN3. The van der Waals surface area contributed by atoms with Gasteiger partial charge in [-0.05, 0) is 57.6 Å². The van der Waals surface area contributed by atoms with Crippen molar-refractivity contribution in [3.8, 4) is 0 Å². The van der Waals surface area contributed by atoms with Gasteiger partial charge in [-0.25, -0.2) is 4.39 Å². The number of hydrogen-bond donors (Lipinski definition) is 1. The summed E-state index contributed by atoms with van der Waals surface area (Å²) in [6.07, 6.45) is 4.98. The second-order valence-corrected chi connectivity index (χ2v) is 4.85. The van der Waals surface area contributed by atoms with Crippen molar-refractivity contribution in [2.75, 3.05) is 26.2 Å². The molecule has 0 spiro atoms. The Morgan fingerprint density at radius 1 is 1.39 bits per heavy atom. The predicted octanol–water partition coefficient (Wildman–Crippen LogP) is 2.36. The van der Waals surface area contributed by atoms with Gasteiger partial charge in [0.05, 0.1) is 17.9 Å². The maximum absolute atomic E-state index is 12.9. The molecule has 1 unspecified atom stereocenters. The third-order valence-electron chi connectivity index (χ3n) is 3.49. The first-order valence-electron chi connectivity index (χ1n) is 6.87. The summed E-state index contributed by atoms with van der Waals surface area (Å²) in [5, 5.41) is 3.43. The van der Waals surface area contributed by atoms with Gasteiger partial charge in [-0.2, -0.15) is 0 Å². The van der Waals surface area contributed by atoms with E-state index in [1.807, 2.05) is 0 Å². The first-order chi connectivity index (χ1) is 8.79. The third kappa shape index (κ3) is 3.75. The first-order valence-corrected chi connectivity index (χ1v) is 6.87. The van der Waals surface area contributed by atoms with E-state index in [0.717, 1.165) is 25.2 Å². The van der Waals surface area contributed by atoms with E-state index in [0.29, 0.717) is 0 Å². The fourth-order valence-electron chi connectivity index (χ4n) is 2.51. The summed E-state index contributed by atoms with van der Waals surface area (Å²) in [7, 11) is 0. The van der Waals surface area contributed by atoms with Crippen LogP contribution in [0.4, 0.5) is 4.39 Å². The molecule has 0 amide bonds. The van der Waals surface area contributed by atoms with Crippen LogP contribution < -0.4 is 5.32 Å². The molecule has 1 N–H and O–H groups in total. The number of halogens is 1. The van der Waals surface area contributed by atoms with Crippen LogP contribution in [0.5, 0.6) is 0 Å². The summed E-state index contributed by atoms with van der Waals surface area (Å²) in [6, 6.07) is 3.51. The van der Waals surface area contributed by atoms with E-state index in [1.54, 1.807) is 6.07 Å². The number of pyridine rings is 1. The van der Waals surface area contributed by atoms with Gasteiger partial charge in [-0.1, -0.05) is 6.92 Å². The molecule has 1 atom stereocenters. The molecule has 1 aliphatic rings. The molecule has 1 aromatic rings. The molecule has 100 valence electrons. The molecule has 18 heavy (non-hydrogen) atoms. The summed E-state index contributed by atoms with van der Waals surface area (Å²) in [6.45, 7) is 6.53. The van der Waals surface area contributed by atoms with Gasteiger partial charge >= 0.3 is 0 Å². The smallest absolute Gasteiger partial charge is 0.141 e. The maximum atomic E-state index is 12.9. The molecule has 0 aliphatic carbocycles. The zero-order valence-corrected chi connectivity index (χ0v) is 11.0. The van der Waals surface area contributed by atoms with E-state index in [1.165, 1.54) is 38.2 Å². The zero-order chi connectivity index (χ0) is 12.8. The zero-order valence-electron chi connectivity index (χ0n) is 11.0. The highest BCUT2D eigenvalue weighted by atomic mass is 19.1. The number of nitrogens with zero attached hydrogens (tertiary/aromatic N) is 2. The van der Waals surface area contributed by atoms with Crippen LogP contribution in [-0.4, -0.2) is 36.1 Å². The highest BCUT2D eigenvalue weighted by Crippen LogP contribution is 2.17. The fourth-order valence-corrected chi connectivity index (χ4v) is 2.51. The SMILES string of the molecule is CCNC(CCN1CCCC1)c1ccc(F)cn1. The Labute approximate surface area is 108 Å². The maximum Gasteiger partial charge on any atom is 0.141 e. The second-order valence-electron chi connectivity index (χ2n) is 4.85. The van der Waals surface area contributed by atoms with Crippen LogP contribution in [0.1, 0.15) is 37.9 Å². The molecule has 4 heteroatoms. The van der Waals surface area contributed by atoms with E-state index >= 15 is 0 Å². The molecule has 0 aromatic carbocycles. The Hall–Kier alpha value is -1.00. The van der Waals surface area contributed by atoms with E-state index in [9.17, 15) is 4.39 Å². The Bertz CT molecular complexity index is 347. The molecule has 2 rings (SSSR count). The molecule has 1 aromatic heterocycles. The highest BCUT2D eigenvalue weighted by molar-refractivity contribution is 5.10. The quantitative estimate of drug-likeness (QED) is 0.841. The third-order valence-corrected chi connectivity index (χ3v) is 3.49. The van der Waals surface area contributed by atoms with Crippen molar-refractivity contribution < 1.29 is 4.39 Å². The van der Waals surface area contributed by atoms with Crippen molar-refractivity contribution in [1.29, 1.82) is 0 Å². The molecule has 0 saturated carbocycles. The number of likely N-dealkylation sites (tertiary alicyclic amines) is 1. The van der Waals surface area contributed by atoms with Gasteiger partial charge in [0.2, 0.25) is 0 Å². The lowest BCUT2D eigenvalue weighted by Gasteiger charge is -2.21. The molecule has 1 aliphatic heterocycles. The van der Waals surface area contributed by atoms with Crippen LogP contribution in [-0.2, 0) is 0 Å². The minimum atomic E-state index is -0.270. The molecule has 0 bridgehead atoms. The van der Waals surface area contributed by atoms with Crippen molar-refractivity contribution in [3.05, 3.63) is 29.8 Å². The van der Waals surface area contributed by atoms with Crippen molar-refractivity contribution in [3.63, 3.8) is 0 Å². The van der Waals surface area contributed by atoms with Crippen molar-refractivity contribution in [2.24, 2.45) is 0 Å². The van der Waals surface area contributed by atoms with Crippen molar-refractivity contribution in [2.45, 2.75) is 32.2 Å². The average molecular weight is 251 g/mol. The molecular weight excluding hydrogens is 229 g/mol. The monoisotopic (exact) mass is 251 g/mol. The van der Waals surface area contributed by atoms with Gasteiger partial charge in [-0.3, -0.25) is 4.98 Å². The first kappa shape index (κ1) is 13.4. The minimum Gasteiger partial charge on any atom is -0.309 e. The molecule has 0 radical (unpaired) electrons. The van der Waals surface area contributed by atoms with E-state index < -0.39 is 0 Å². The van der Waals surface area contributed by atoms with Crippen molar-refractivity contribution >= 4 is 0 Å². The van der Waals surface area contributed by atoms with E-state index in [4.69, 9.17) is 0 Å². The van der Waals surface area contributed by atoms with Gasteiger partial charge in [0.1, 0.15) is 5.82 Å². The molecule has 1 saturated heterocycles. The van der Waals surface area contributed by atoms with E-state index in [-0.39, 0.29) is 11.9 Å². The molecule has 2 heterocycles. The average Bonchev–Trinajstić information content (AvgIpc) is 2.89. The fraction of sp³-hybridized carbons (Fsp3) is 0.643. The van der Waals surface area contributed by atoms with Crippen LogP contribution in [0.15, 0.2) is 18.3 Å². The van der Waals surface area contributed by atoms with Gasteiger partial charge in [0.25, 0.3) is 0 Å².